The third kappa shape index (κ3) is 9.58. The molecule has 2 unspecified atom stereocenters. The van der Waals surface area contributed by atoms with Crippen molar-refractivity contribution in [3.63, 3.8) is 0 Å². The number of nitrogens with two attached hydrogens (primary N) is 1. The van der Waals surface area contributed by atoms with Crippen LogP contribution in [0.1, 0.15) is 83.5 Å². The summed E-state index contributed by atoms with van der Waals surface area (Å²) in [7, 11) is 0. The number of nitrogens with zero attached hydrogens (tertiary/aromatic N) is 1. The number of hydrogen-bond acceptors (Lipinski definition) is 5. The highest BCUT2D eigenvalue weighted by Gasteiger charge is 2.38. The monoisotopic (exact) mass is 490 g/mol. The summed E-state index contributed by atoms with van der Waals surface area (Å²) in [6.07, 6.45) is 0.419. The van der Waals surface area contributed by atoms with E-state index in [4.69, 9.17) is 10.5 Å². The van der Waals surface area contributed by atoms with Gasteiger partial charge < -0.3 is 26.0 Å². The number of benzene rings is 1. The van der Waals surface area contributed by atoms with Crippen LogP contribution in [0.25, 0.3) is 0 Å². The minimum Gasteiger partial charge on any atom is -0.444 e. The lowest BCUT2D eigenvalue weighted by Crippen LogP contribution is -2.56. The van der Waals surface area contributed by atoms with E-state index in [2.05, 4.69) is 10.6 Å². The van der Waals surface area contributed by atoms with Crippen LogP contribution >= 0.6 is 0 Å². The molecule has 1 aromatic rings. The molecule has 0 spiro atoms. The van der Waals surface area contributed by atoms with Crippen LogP contribution in [0, 0.1) is 13.8 Å². The van der Waals surface area contributed by atoms with Gasteiger partial charge in [0.05, 0.1) is 6.42 Å². The molecular weight excluding hydrogens is 448 g/mol. The fourth-order valence-corrected chi connectivity index (χ4v) is 3.75. The van der Waals surface area contributed by atoms with Crippen molar-refractivity contribution >= 4 is 23.8 Å². The van der Waals surface area contributed by atoms with Gasteiger partial charge in [-0.1, -0.05) is 37.1 Å². The molecule has 0 saturated heterocycles. The predicted molar refractivity (Wildman–Crippen MR) is 136 cm³/mol. The lowest BCUT2D eigenvalue weighted by atomic mass is 9.95. The van der Waals surface area contributed by atoms with Gasteiger partial charge in [0.25, 0.3) is 0 Å². The first-order chi connectivity index (χ1) is 16.2. The van der Waals surface area contributed by atoms with Crippen LogP contribution in [0.4, 0.5) is 4.79 Å². The molecule has 0 radical (unpaired) electrons. The molecule has 0 saturated carbocycles. The van der Waals surface area contributed by atoms with E-state index < -0.39 is 48.1 Å². The Bertz CT molecular complexity index is 907. The number of primary amides is 1. The second-order valence-corrected chi connectivity index (χ2v) is 10.1. The minimum atomic E-state index is -1.29. The molecule has 4 amide bonds. The maximum Gasteiger partial charge on any atom is 0.408 e. The summed E-state index contributed by atoms with van der Waals surface area (Å²) in [5, 5.41) is 5.41. The molecule has 0 fully saturated rings. The van der Waals surface area contributed by atoms with E-state index in [-0.39, 0.29) is 5.91 Å². The van der Waals surface area contributed by atoms with Crippen molar-refractivity contribution in [2.45, 2.75) is 98.4 Å². The van der Waals surface area contributed by atoms with Gasteiger partial charge in [-0.3, -0.25) is 14.4 Å². The molecule has 196 valence electrons. The van der Waals surface area contributed by atoms with Gasteiger partial charge >= 0.3 is 6.09 Å². The smallest absolute Gasteiger partial charge is 0.408 e. The summed E-state index contributed by atoms with van der Waals surface area (Å²) in [5.41, 5.74) is 7.14. The number of carbonyl (C=O) groups is 4. The number of rotatable bonds is 11. The van der Waals surface area contributed by atoms with E-state index in [0.29, 0.717) is 12.1 Å². The molecule has 0 aliphatic carbocycles. The summed E-state index contributed by atoms with van der Waals surface area (Å²) in [6, 6.07) is 2.99. The summed E-state index contributed by atoms with van der Waals surface area (Å²) >= 11 is 0. The number of unbranched alkanes of at least 4 members (excludes halogenated alkanes) is 1. The van der Waals surface area contributed by atoms with Crippen molar-refractivity contribution in [3.05, 3.63) is 34.9 Å². The van der Waals surface area contributed by atoms with Gasteiger partial charge in [-0.15, -0.1) is 0 Å². The predicted octanol–water partition coefficient (Wildman–Crippen LogP) is 3.27. The zero-order valence-electron chi connectivity index (χ0n) is 22.4. The molecule has 9 heteroatoms. The molecule has 0 aromatic heterocycles. The van der Waals surface area contributed by atoms with E-state index in [1.165, 1.54) is 4.90 Å². The highest BCUT2D eigenvalue weighted by Crippen LogP contribution is 2.28. The zero-order chi connectivity index (χ0) is 26.9. The summed E-state index contributed by atoms with van der Waals surface area (Å²) in [5.74, 6) is -1.69. The molecule has 2 atom stereocenters. The Morgan fingerprint density at radius 2 is 1.74 bits per heavy atom. The van der Waals surface area contributed by atoms with E-state index >= 15 is 0 Å². The van der Waals surface area contributed by atoms with Crippen molar-refractivity contribution in [1.29, 1.82) is 0 Å². The largest absolute Gasteiger partial charge is 0.444 e. The van der Waals surface area contributed by atoms with Crippen LogP contribution in [0.5, 0.6) is 0 Å². The molecule has 0 heterocycles. The molecule has 1 aromatic carbocycles. The first kappa shape index (κ1) is 29.9. The van der Waals surface area contributed by atoms with Crippen molar-refractivity contribution in [3.8, 4) is 0 Å². The first-order valence-corrected chi connectivity index (χ1v) is 12.1. The number of aryl methyl sites for hydroxylation is 2. The van der Waals surface area contributed by atoms with Gasteiger partial charge in [-0.2, -0.15) is 0 Å². The van der Waals surface area contributed by atoms with Gasteiger partial charge in [0, 0.05) is 12.6 Å². The number of nitrogens with one attached hydrogen (secondary N) is 2. The molecule has 9 nitrogen and oxygen atoms in total. The molecule has 0 aliphatic heterocycles. The van der Waals surface area contributed by atoms with Crippen molar-refractivity contribution in [1.82, 2.24) is 15.5 Å². The van der Waals surface area contributed by atoms with Crippen LogP contribution < -0.4 is 16.4 Å². The number of amides is 4. The minimum absolute atomic E-state index is 0.331. The third-order valence-corrected chi connectivity index (χ3v) is 5.28. The van der Waals surface area contributed by atoms with Crippen LogP contribution in [0.3, 0.4) is 0 Å². The van der Waals surface area contributed by atoms with Crippen molar-refractivity contribution in [2.24, 2.45) is 5.73 Å². The number of alkyl carbamates (subject to hydrolysis) is 1. The number of ether oxygens (including phenoxy) is 1. The zero-order valence-corrected chi connectivity index (χ0v) is 22.4. The quantitative estimate of drug-likeness (QED) is 0.410. The highest BCUT2D eigenvalue weighted by atomic mass is 16.6. The van der Waals surface area contributed by atoms with Gasteiger partial charge in [0.1, 0.15) is 17.7 Å². The summed E-state index contributed by atoms with van der Waals surface area (Å²) in [4.78, 5) is 52.9. The fraction of sp³-hybridized carbons (Fsp3) is 0.615. The van der Waals surface area contributed by atoms with E-state index in [1.807, 2.05) is 39.0 Å². The Labute approximate surface area is 209 Å². The highest BCUT2D eigenvalue weighted by molar-refractivity contribution is 5.94. The molecule has 35 heavy (non-hydrogen) atoms. The lowest BCUT2D eigenvalue weighted by molar-refractivity contribution is -0.145. The fourth-order valence-electron chi connectivity index (χ4n) is 3.75. The Hall–Kier alpha value is -3.10. The Morgan fingerprint density at radius 3 is 2.23 bits per heavy atom. The maximum absolute atomic E-state index is 13.8. The van der Waals surface area contributed by atoms with E-state index in [9.17, 15) is 19.2 Å². The van der Waals surface area contributed by atoms with Gasteiger partial charge in [0.2, 0.25) is 17.7 Å². The summed E-state index contributed by atoms with van der Waals surface area (Å²) in [6.45, 7) is 15.0. The average molecular weight is 491 g/mol. The van der Waals surface area contributed by atoms with E-state index in [0.717, 1.165) is 24.0 Å². The molecule has 1 rings (SSSR count). The van der Waals surface area contributed by atoms with Gasteiger partial charge in [0.15, 0.2) is 0 Å². The van der Waals surface area contributed by atoms with E-state index in [1.54, 1.807) is 34.6 Å². The number of carbonyl (C=O) groups excluding carboxylic acids is 4. The first-order valence-electron chi connectivity index (χ1n) is 12.1. The van der Waals surface area contributed by atoms with Crippen LogP contribution in [0.2, 0.25) is 0 Å². The second kappa shape index (κ2) is 13.1. The molecule has 0 aliphatic rings. The van der Waals surface area contributed by atoms with Crippen LogP contribution in [-0.4, -0.2) is 52.9 Å². The standard InChI is InChI=1S/C26H42N4O5/c1-9-10-13-28-23(32)22(19-12-11-17(4)14-18(19)5)30(16(2)3)24(33)20(15-21(27)31)29-25(34)35-26(6,7)8/h11-12,14,16,20,22H,9-10,13,15H2,1-8H3,(H2,27,31)(H,28,32)(H,29,34). The average Bonchev–Trinajstić information content (AvgIpc) is 2.69. The van der Waals surface area contributed by atoms with Crippen LogP contribution in [0.15, 0.2) is 18.2 Å². The van der Waals surface area contributed by atoms with Crippen LogP contribution in [-0.2, 0) is 19.1 Å². The lowest BCUT2D eigenvalue weighted by Gasteiger charge is -2.37. The van der Waals surface area contributed by atoms with Crippen molar-refractivity contribution < 1.29 is 23.9 Å². The second-order valence-electron chi connectivity index (χ2n) is 10.1. The third-order valence-electron chi connectivity index (χ3n) is 5.28. The Balaban J connectivity index is 3.49. The van der Waals surface area contributed by atoms with Crippen molar-refractivity contribution in [2.75, 3.05) is 6.54 Å². The Kier molecular flexibility index (Phi) is 11.2. The molecular formula is C26H42N4O5. The topological polar surface area (TPSA) is 131 Å². The molecule has 4 N–H and O–H groups in total. The Morgan fingerprint density at radius 1 is 1.11 bits per heavy atom. The normalized spacial score (nSPS) is 13.1. The van der Waals surface area contributed by atoms with Gasteiger partial charge in [-0.05, 0) is 66.0 Å². The maximum atomic E-state index is 13.8. The number of hydrogen-bond donors (Lipinski definition) is 3. The van der Waals surface area contributed by atoms with Gasteiger partial charge in [-0.25, -0.2) is 4.79 Å². The SMILES string of the molecule is CCCCNC(=O)C(c1ccc(C)cc1C)N(C(=O)C(CC(N)=O)NC(=O)OC(C)(C)C)C(C)C. The summed E-state index contributed by atoms with van der Waals surface area (Å²) < 4.78 is 5.28. The molecule has 0 bridgehead atoms.